The maximum absolute atomic E-state index is 14.3. The minimum Gasteiger partial charge on any atom is -0.480 e. The minimum atomic E-state index is -2.62. The normalized spacial score (nSPS) is 16.7. The fourth-order valence-corrected chi connectivity index (χ4v) is 6.71. The van der Waals surface area contributed by atoms with Crippen molar-refractivity contribution in [2.45, 2.75) is 56.4 Å². The number of rotatable bonds is 6. The summed E-state index contributed by atoms with van der Waals surface area (Å²) in [5.41, 5.74) is 6.29. The van der Waals surface area contributed by atoms with Gasteiger partial charge in [-0.3, -0.25) is 4.98 Å². The van der Waals surface area contributed by atoms with Crippen LogP contribution in [0.1, 0.15) is 48.7 Å². The Kier molecular flexibility index (Phi) is 6.57. The molecular formula is C30H30F2N4O2S. The third kappa shape index (κ3) is 4.36. The largest absolute Gasteiger partial charge is 0.480 e. The van der Waals surface area contributed by atoms with E-state index in [1.807, 2.05) is 50.7 Å². The Labute approximate surface area is 229 Å². The van der Waals surface area contributed by atoms with Crippen molar-refractivity contribution in [2.24, 2.45) is 5.92 Å². The number of ether oxygens (including phenoxy) is 1. The van der Waals surface area contributed by atoms with E-state index in [0.29, 0.717) is 18.7 Å². The molecule has 1 aliphatic rings. The smallest absolute Gasteiger partial charge is 0.248 e. The Hall–Kier alpha value is -3.46. The second kappa shape index (κ2) is 9.93. The molecule has 9 heteroatoms. The number of fused-ring (bicyclic) bond motifs is 3. The van der Waals surface area contributed by atoms with Crippen molar-refractivity contribution in [3.05, 3.63) is 65.8 Å². The van der Waals surface area contributed by atoms with Gasteiger partial charge in [-0.05, 0) is 50.5 Å². The average Bonchev–Trinajstić information content (AvgIpc) is 3.46. The number of thioether (sulfide) groups is 1. The lowest BCUT2D eigenvalue weighted by Gasteiger charge is -2.36. The molecule has 4 heterocycles. The van der Waals surface area contributed by atoms with Gasteiger partial charge in [-0.25, -0.2) is 13.8 Å². The first kappa shape index (κ1) is 25.8. The lowest BCUT2D eigenvalue weighted by molar-refractivity contribution is -0.0493. The van der Waals surface area contributed by atoms with E-state index in [1.165, 1.54) is 0 Å². The van der Waals surface area contributed by atoms with Crippen LogP contribution in [0.25, 0.3) is 33.1 Å². The molecule has 0 saturated heterocycles. The van der Waals surface area contributed by atoms with Crippen molar-refractivity contribution >= 4 is 33.7 Å². The van der Waals surface area contributed by atoms with E-state index >= 15 is 0 Å². The van der Waals surface area contributed by atoms with Gasteiger partial charge in [0.15, 0.2) is 0 Å². The van der Waals surface area contributed by atoms with Crippen LogP contribution >= 0.6 is 11.8 Å². The van der Waals surface area contributed by atoms with Gasteiger partial charge in [-0.1, -0.05) is 35.5 Å². The number of hydrogen-bond donors (Lipinski definition) is 0. The van der Waals surface area contributed by atoms with Crippen molar-refractivity contribution in [3.8, 4) is 17.0 Å². The molecule has 4 aromatic heterocycles. The fraction of sp³-hybridized carbons (Fsp3) is 0.367. The van der Waals surface area contributed by atoms with Gasteiger partial charge in [0.05, 0.1) is 40.2 Å². The lowest BCUT2D eigenvalue weighted by atomic mass is 9.79. The zero-order valence-corrected chi connectivity index (χ0v) is 23.2. The second-order valence-electron chi connectivity index (χ2n) is 10.3. The maximum Gasteiger partial charge on any atom is 0.248 e. The summed E-state index contributed by atoms with van der Waals surface area (Å²) in [6.45, 7) is 3.81. The molecule has 0 amide bonds. The Morgan fingerprint density at radius 2 is 1.85 bits per heavy atom. The van der Waals surface area contributed by atoms with Gasteiger partial charge in [0, 0.05) is 36.4 Å². The highest BCUT2D eigenvalue weighted by molar-refractivity contribution is 7.98. The average molecular weight is 549 g/mol. The van der Waals surface area contributed by atoms with Gasteiger partial charge in [0.2, 0.25) is 11.8 Å². The van der Waals surface area contributed by atoms with Crippen LogP contribution in [0.5, 0.6) is 5.88 Å². The fourth-order valence-electron chi connectivity index (χ4n) is 6.16. The SMILES string of the molecule is COc1ncc(SC)c2c1c1ncc(-c3c(C)noc3C)cc1n2C(c1ccccc1)C1CCC(F)(F)CC1. The van der Waals surface area contributed by atoms with E-state index in [9.17, 15) is 8.78 Å². The van der Waals surface area contributed by atoms with Crippen LogP contribution in [0, 0.1) is 19.8 Å². The number of pyridine rings is 2. The van der Waals surface area contributed by atoms with E-state index in [0.717, 1.165) is 55.0 Å². The molecule has 1 aromatic carbocycles. The van der Waals surface area contributed by atoms with Gasteiger partial charge in [0.1, 0.15) is 11.3 Å². The zero-order chi connectivity index (χ0) is 27.3. The standard InChI is InChI=1S/C30H30F2N4O2S/c1-17-24(18(2)38-35-17)21-14-22-26(33-15-21)25-28(23(39-4)16-34-29(25)37-3)36(22)27(19-8-6-5-7-9-19)20-10-12-30(31,32)13-11-20/h5-9,14-16,20,27H,10-13H2,1-4H3. The summed E-state index contributed by atoms with van der Waals surface area (Å²) in [6.07, 6.45) is 6.33. The summed E-state index contributed by atoms with van der Waals surface area (Å²) in [4.78, 5) is 10.5. The summed E-state index contributed by atoms with van der Waals surface area (Å²) in [5, 5.41) is 4.97. The van der Waals surface area contributed by atoms with E-state index in [1.54, 1.807) is 18.9 Å². The predicted molar refractivity (Wildman–Crippen MR) is 150 cm³/mol. The van der Waals surface area contributed by atoms with Crippen LogP contribution < -0.4 is 4.74 Å². The number of nitrogens with zero attached hydrogens (tertiary/aromatic N) is 4. The monoisotopic (exact) mass is 548 g/mol. The maximum atomic E-state index is 14.3. The molecule has 0 spiro atoms. The van der Waals surface area contributed by atoms with E-state index in [2.05, 4.69) is 32.9 Å². The van der Waals surface area contributed by atoms with Gasteiger partial charge < -0.3 is 13.8 Å². The highest BCUT2D eigenvalue weighted by atomic mass is 32.2. The van der Waals surface area contributed by atoms with Crippen molar-refractivity contribution in [3.63, 3.8) is 0 Å². The second-order valence-corrected chi connectivity index (χ2v) is 11.1. The van der Waals surface area contributed by atoms with Gasteiger partial charge in [0.25, 0.3) is 0 Å². The molecule has 202 valence electrons. The highest BCUT2D eigenvalue weighted by Crippen LogP contribution is 2.48. The van der Waals surface area contributed by atoms with Crippen LogP contribution in [0.2, 0.25) is 0 Å². The predicted octanol–water partition coefficient (Wildman–Crippen LogP) is 8.00. The molecule has 1 unspecified atom stereocenters. The Balaban J connectivity index is 1.71. The summed E-state index contributed by atoms with van der Waals surface area (Å²) in [7, 11) is 1.61. The summed E-state index contributed by atoms with van der Waals surface area (Å²) < 4.78 is 42.2. The van der Waals surface area contributed by atoms with Gasteiger partial charge in [-0.15, -0.1) is 11.8 Å². The summed E-state index contributed by atoms with van der Waals surface area (Å²) in [6, 6.07) is 12.1. The van der Waals surface area contributed by atoms with Crippen LogP contribution in [0.4, 0.5) is 8.78 Å². The highest BCUT2D eigenvalue weighted by Gasteiger charge is 2.40. The van der Waals surface area contributed by atoms with Crippen LogP contribution in [-0.4, -0.2) is 39.0 Å². The number of benzene rings is 1. The molecule has 0 aliphatic heterocycles. The lowest BCUT2D eigenvalue weighted by Crippen LogP contribution is -2.30. The third-order valence-electron chi connectivity index (χ3n) is 7.95. The molecule has 0 N–H and O–H groups in total. The van der Waals surface area contributed by atoms with Crippen molar-refractivity contribution in [1.82, 2.24) is 19.7 Å². The first-order valence-corrected chi connectivity index (χ1v) is 14.3. The number of hydrogen-bond acceptors (Lipinski definition) is 6. The molecule has 39 heavy (non-hydrogen) atoms. The van der Waals surface area contributed by atoms with E-state index in [-0.39, 0.29) is 24.8 Å². The van der Waals surface area contributed by atoms with Crippen LogP contribution in [-0.2, 0) is 0 Å². The van der Waals surface area contributed by atoms with Crippen molar-refractivity contribution in [1.29, 1.82) is 0 Å². The molecule has 1 atom stereocenters. The number of aryl methyl sites for hydroxylation is 2. The molecule has 1 fully saturated rings. The molecule has 1 saturated carbocycles. The summed E-state index contributed by atoms with van der Waals surface area (Å²) in [5.74, 6) is -1.39. The first-order valence-electron chi connectivity index (χ1n) is 13.1. The van der Waals surface area contributed by atoms with Crippen molar-refractivity contribution in [2.75, 3.05) is 13.4 Å². The molecule has 0 radical (unpaired) electrons. The molecule has 1 aliphatic carbocycles. The minimum absolute atomic E-state index is 0.0161. The quantitative estimate of drug-likeness (QED) is 0.200. The van der Waals surface area contributed by atoms with E-state index in [4.69, 9.17) is 14.2 Å². The number of methoxy groups -OCH3 is 1. The van der Waals surface area contributed by atoms with Crippen molar-refractivity contribution < 1.29 is 18.0 Å². The van der Waals surface area contributed by atoms with Gasteiger partial charge >= 0.3 is 0 Å². The van der Waals surface area contributed by atoms with Gasteiger partial charge in [-0.2, -0.15) is 0 Å². The Bertz CT molecular complexity index is 1640. The zero-order valence-electron chi connectivity index (χ0n) is 22.4. The Morgan fingerprint density at radius 1 is 1.10 bits per heavy atom. The number of halogens is 2. The first-order chi connectivity index (χ1) is 18.8. The van der Waals surface area contributed by atoms with E-state index < -0.39 is 5.92 Å². The molecule has 6 nitrogen and oxygen atoms in total. The topological polar surface area (TPSA) is 66.0 Å². The third-order valence-corrected chi connectivity index (χ3v) is 8.69. The molecule has 5 aromatic rings. The molecular weight excluding hydrogens is 518 g/mol. The number of alkyl halides is 2. The van der Waals surface area contributed by atoms with Crippen LogP contribution in [0.3, 0.4) is 0 Å². The molecule has 6 rings (SSSR count). The van der Waals surface area contributed by atoms with Crippen LogP contribution in [0.15, 0.2) is 58.2 Å². The summed E-state index contributed by atoms with van der Waals surface area (Å²) >= 11 is 1.60. The Morgan fingerprint density at radius 3 is 2.49 bits per heavy atom. The molecule has 0 bridgehead atoms. The number of aromatic nitrogens is 4.